The summed E-state index contributed by atoms with van der Waals surface area (Å²) in [6, 6.07) is 8.71. The molecule has 0 fully saturated rings. The van der Waals surface area contributed by atoms with Crippen molar-refractivity contribution in [2.75, 3.05) is 11.9 Å². The van der Waals surface area contributed by atoms with Gasteiger partial charge in [-0.05, 0) is 37.1 Å². The van der Waals surface area contributed by atoms with E-state index in [4.69, 9.17) is 10.0 Å². The van der Waals surface area contributed by atoms with Crippen molar-refractivity contribution in [3.63, 3.8) is 0 Å². The molecule has 0 aliphatic heterocycles. The van der Waals surface area contributed by atoms with E-state index in [1.165, 1.54) is 0 Å². The molecule has 0 saturated carbocycles. The van der Waals surface area contributed by atoms with Crippen LogP contribution in [0.1, 0.15) is 25.7 Å². The molecular formula is C16H20N4O4. The van der Waals surface area contributed by atoms with Crippen molar-refractivity contribution in [2.45, 2.75) is 25.7 Å². The van der Waals surface area contributed by atoms with Crippen molar-refractivity contribution < 1.29 is 19.6 Å². The Hall–Kier alpha value is -2.71. The van der Waals surface area contributed by atoms with Crippen LogP contribution in [-0.4, -0.2) is 28.7 Å². The van der Waals surface area contributed by atoms with Crippen LogP contribution in [0.25, 0.3) is 10.9 Å². The van der Waals surface area contributed by atoms with E-state index in [0.717, 1.165) is 17.3 Å². The molecule has 0 aliphatic carbocycles. The minimum absolute atomic E-state index is 0.265. The Bertz CT molecular complexity index is 693. The van der Waals surface area contributed by atoms with Crippen molar-refractivity contribution in [3.05, 3.63) is 36.5 Å². The van der Waals surface area contributed by atoms with E-state index in [1.807, 2.05) is 24.3 Å². The Morgan fingerprint density at radius 1 is 1.17 bits per heavy atom. The number of aromatic nitrogens is 1. The van der Waals surface area contributed by atoms with E-state index >= 15 is 0 Å². The first kappa shape index (κ1) is 17.6. The molecule has 2 aromatic rings. The first-order valence-electron chi connectivity index (χ1n) is 7.65. The van der Waals surface area contributed by atoms with Crippen molar-refractivity contribution in [1.29, 1.82) is 0 Å². The van der Waals surface area contributed by atoms with Gasteiger partial charge in [-0.2, -0.15) is 0 Å². The SMILES string of the molecule is O=C(CCCCCONC(=O)Nc1ccc2ncccc2c1)NO. The van der Waals surface area contributed by atoms with Gasteiger partial charge in [0.2, 0.25) is 5.91 Å². The number of anilines is 1. The Kier molecular flexibility index (Phi) is 6.93. The zero-order valence-corrected chi connectivity index (χ0v) is 13.1. The number of carbonyl (C=O) groups excluding carboxylic acids is 2. The molecule has 1 heterocycles. The molecule has 1 aromatic carbocycles. The predicted molar refractivity (Wildman–Crippen MR) is 88.2 cm³/mol. The number of pyridine rings is 1. The van der Waals surface area contributed by atoms with Crippen LogP contribution in [0.3, 0.4) is 0 Å². The van der Waals surface area contributed by atoms with Gasteiger partial charge in [0.1, 0.15) is 0 Å². The van der Waals surface area contributed by atoms with E-state index in [1.54, 1.807) is 17.7 Å². The lowest BCUT2D eigenvalue weighted by Gasteiger charge is -2.08. The molecule has 0 bridgehead atoms. The van der Waals surface area contributed by atoms with Gasteiger partial charge in [0, 0.05) is 23.7 Å². The molecule has 8 heteroatoms. The average molecular weight is 332 g/mol. The Morgan fingerprint density at radius 3 is 2.88 bits per heavy atom. The number of hydroxylamine groups is 2. The summed E-state index contributed by atoms with van der Waals surface area (Å²) in [4.78, 5) is 31.8. The summed E-state index contributed by atoms with van der Waals surface area (Å²) in [7, 11) is 0. The fourth-order valence-electron chi connectivity index (χ4n) is 2.12. The quantitative estimate of drug-likeness (QED) is 0.337. The molecule has 0 unspecified atom stereocenters. The third-order valence-electron chi connectivity index (χ3n) is 3.30. The van der Waals surface area contributed by atoms with Crippen LogP contribution in [0.4, 0.5) is 10.5 Å². The van der Waals surface area contributed by atoms with Gasteiger partial charge in [-0.15, -0.1) is 0 Å². The van der Waals surface area contributed by atoms with Gasteiger partial charge in [-0.3, -0.25) is 19.8 Å². The van der Waals surface area contributed by atoms with Crippen LogP contribution in [0.15, 0.2) is 36.5 Å². The summed E-state index contributed by atoms with van der Waals surface area (Å²) in [5.74, 6) is -0.404. The van der Waals surface area contributed by atoms with Gasteiger partial charge in [-0.1, -0.05) is 12.5 Å². The maximum atomic E-state index is 11.7. The van der Waals surface area contributed by atoms with Gasteiger partial charge >= 0.3 is 6.03 Å². The van der Waals surface area contributed by atoms with E-state index < -0.39 is 11.9 Å². The topological polar surface area (TPSA) is 113 Å². The first-order valence-corrected chi connectivity index (χ1v) is 7.65. The van der Waals surface area contributed by atoms with E-state index in [0.29, 0.717) is 25.1 Å². The van der Waals surface area contributed by atoms with Gasteiger partial charge in [-0.25, -0.2) is 15.8 Å². The second-order valence-corrected chi connectivity index (χ2v) is 5.16. The van der Waals surface area contributed by atoms with E-state index in [9.17, 15) is 9.59 Å². The van der Waals surface area contributed by atoms with Crippen molar-refractivity contribution in [1.82, 2.24) is 15.9 Å². The third-order valence-corrected chi connectivity index (χ3v) is 3.30. The summed E-state index contributed by atoms with van der Waals surface area (Å²) >= 11 is 0. The Labute approximate surface area is 139 Å². The zero-order valence-electron chi connectivity index (χ0n) is 13.1. The van der Waals surface area contributed by atoms with E-state index in [-0.39, 0.29) is 6.42 Å². The Balaban J connectivity index is 1.63. The molecule has 0 atom stereocenters. The fourth-order valence-corrected chi connectivity index (χ4v) is 2.12. The number of amides is 3. The molecule has 0 radical (unpaired) electrons. The molecule has 0 saturated heterocycles. The number of rotatable bonds is 8. The fraction of sp³-hybridized carbons (Fsp3) is 0.312. The first-order chi connectivity index (χ1) is 11.7. The summed E-state index contributed by atoms with van der Waals surface area (Å²) < 4.78 is 0. The minimum Gasteiger partial charge on any atom is -0.306 e. The largest absolute Gasteiger partial charge is 0.343 e. The number of hydrogen-bond acceptors (Lipinski definition) is 5. The highest BCUT2D eigenvalue weighted by molar-refractivity contribution is 5.92. The van der Waals surface area contributed by atoms with Gasteiger partial charge in [0.25, 0.3) is 0 Å². The lowest BCUT2D eigenvalue weighted by atomic mass is 10.2. The number of hydrogen-bond donors (Lipinski definition) is 4. The maximum absolute atomic E-state index is 11.7. The Morgan fingerprint density at radius 2 is 2.04 bits per heavy atom. The van der Waals surface area contributed by atoms with Gasteiger partial charge < -0.3 is 5.32 Å². The summed E-state index contributed by atoms with van der Waals surface area (Å²) in [6.45, 7) is 0.343. The van der Waals surface area contributed by atoms with Crippen LogP contribution in [0, 0.1) is 0 Å². The third kappa shape index (κ3) is 5.82. The minimum atomic E-state index is -0.460. The van der Waals surface area contributed by atoms with Gasteiger partial charge in [0.05, 0.1) is 12.1 Å². The molecule has 4 N–H and O–H groups in total. The van der Waals surface area contributed by atoms with Crippen molar-refractivity contribution >= 4 is 28.5 Å². The molecule has 8 nitrogen and oxygen atoms in total. The predicted octanol–water partition coefficient (Wildman–Crippen LogP) is 2.35. The van der Waals surface area contributed by atoms with Crippen LogP contribution in [0.2, 0.25) is 0 Å². The number of fused-ring (bicyclic) bond motifs is 1. The molecule has 128 valence electrons. The van der Waals surface area contributed by atoms with E-state index in [2.05, 4.69) is 15.8 Å². The lowest BCUT2D eigenvalue weighted by Crippen LogP contribution is -2.29. The summed E-state index contributed by atoms with van der Waals surface area (Å²) in [6.07, 6.45) is 4.08. The number of nitrogens with one attached hydrogen (secondary N) is 3. The number of unbranched alkanes of at least 4 members (excludes halogenated alkanes) is 2. The van der Waals surface area contributed by atoms with Crippen molar-refractivity contribution in [2.24, 2.45) is 0 Å². The number of carbonyl (C=O) groups is 2. The molecule has 24 heavy (non-hydrogen) atoms. The summed E-state index contributed by atoms with van der Waals surface area (Å²) in [5, 5.41) is 11.9. The highest BCUT2D eigenvalue weighted by Crippen LogP contribution is 2.16. The average Bonchev–Trinajstić information content (AvgIpc) is 2.60. The second kappa shape index (κ2) is 9.43. The maximum Gasteiger partial charge on any atom is 0.343 e. The molecular weight excluding hydrogens is 312 g/mol. The lowest BCUT2D eigenvalue weighted by molar-refractivity contribution is -0.129. The molecule has 0 aliphatic rings. The van der Waals surface area contributed by atoms with Crippen LogP contribution >= 0.6 is 0 Å². The van der Waals surface area contributed by atoms with Gasteiger partial charge in [0.15, 0.2) is 0 Å². The van der Waals surface area contributed by atoms with Crippen molar-refractivity contribution in [3.8, 4) is 0 Å². The molecule has 0 spiro atoms. The standard InChI is InChI=1S/C16H20N4O4/c21-15(19-23)6-2-1-3-10-24-20-16(22)18-13-7-8-14-12(11-13)5-4-9-17-14/h4-5,7-9,11,23H,1-3,6,10H2,(H,19,21)(H2,18,20,22). The number of nitrogens with zero attached hydrogens (tertiary/aromatic N) is 1. The van der Waals surface area contributed by atoms with Crippen LogP contribution in [0.5, 0.6) is 0 Å². The zero-order chi connectivity index (χ0) is 17.2. The van der Waals surface area contributed by atoms with Crippen LogP contribution < -0.4 is 16.3 Å². The highest BCUT2D eigenvalue weighted by atomic mass is 16.7. The van der Waals surface area contributed by atoms with Crippen LogP contribution in [-0.2, 0) is 9.63 Å². The highest BCUT2D eigenvalue weighted by Gasteiger charge is 2.03. The molecule has 3 amide bonds. The smallest absolute Gasteiger partial charge is 0.306 e. The monoisotopic (exact) mass is 332 g/mol. The normalized spacial score (nSPS) is 10.4. The number of urea groups is 1. The number of benzene rings is 1. The second-order valence-electron chi connectivity index (χ2n) is 5.16. The molecule has 1 aromatic heterocycles. The summed E-state index contributed by atoms with van der Waals surface area (Å²) in [5.41, 5.74) is 5.38. The molecule has 2 rings (SSSR count).